The van der Waals surface area contributed by atoms with Crippen molar-refractivity contribution in [2.75, 3.05) is 56.1 Å². The number of amides is 2. The minimum Gasteiger partial charge on any atom is -0.444 e. The molecule has 2 amide bonds. The fourth-order valence-corrected chi connectivity index (χ4v) is 4.28. The first kappa shape index (κ1) is 27.8. The molecule has 2 fully saturated rings. The van der Waals surface area contributed by atoms with Crippen LogP contribution in [0.4, 0.5) is 26.4 Å². The van der Waals surface area contributed by atoms with Crippen molar-refractivity contribution in [3.05, 3.63) is 46.2 Å². The number of nitrogens with zero attached hydrogens (tertiary/aromatic N) is 6. The lowest BCUT2D eigenvalue weighted by molar-refractivity contribution is -0.392. The van der Waals surface area contributed by atoms with Gasteiger partial charge in [-0.05, 0) is 36.5 Å². The molecule has 1 aromatic heterocycles. The van der Waals surface area contributed by atoms with E-state index < -0.39 is 11.0 Å². The van der Waals surface area contributed by atoms with Gasteiger partial charge in [0, 0.05) is 53.6 Å². The van der Waals surface area contributed by atoms with Crippen LogP contribution in [0.25, 0.3) is 0 Å². The quantitative estimate of drug-likeness (QED) is 0.437. The summed E-state index contributed by atoms with van der Waals surface area (Å²) in [6, 6.07) is 4.86. The summed E-state index contributed by atoms with van der Waals surface area (Å²) in [5, 5.41) is 13.5. The fourth-order valence-electron chi connectivity index (χ4n) is 4.28. The minimum absolute atomic E-state index is 0.00463. The lowest BCUT2D eigenvalue weighted by atomic mass is 10.2. The number of hydrogen-bond acceptors (Lipinski definition) is 8. The Labute approximate surface area is 215 Å². The third-order valence-electron chi connectivity index (χ3n) is 6.35. The van der Waals surface area contributed by atoms with E-state index >= 15 is 0 Å². The molecular formula is C24H34FN7O5. The van der Waals surface area contributed by atoms with E-state index in [1.807, 2.05) is 4.90 Å². The first-order valence-electron chi connectivity index (χ1n) is 12.2. The number of aromatic nitrogens is 2. The summed E-state index contributed by atoms with van der Waals surface area (Å²) in [4.78, 5) is 42.0. The van der Waals surface area contributed by atoms with Gasteiger partial charge in [-0.15, -0.1) is 0 Å². The SMILES string of the molecule is CNC(C)=O.Cc1ncc([N+](=O)[O-])n1CCCN1CCN(c2ccc(N3CC(C)OC3=O)cc2F)CC1. The van der Waals surface area contributed by atoms with E-state index in [1.165, 1.54) is 24.1 Å². The highest BCUT2D eigenvalue weighted by atomic mass is 19.1. The molecule has 13 heteroatoms. The number of cyclic esters (lactones) is 1. The fraction of sp³-hybridized carbons (Fsp3) is 0.542. The molecule has 2 aliphatic rings. The number of nitrogens with one attached hydrogen (secondary N) is 1. The Kier molecular flexibility index (Phi) is 9.39. The van der Waals surface area contributed by atoms with E-state index in [0.717, 1.165) is 26.1 Å². The van der Waals surface area contributed by atoms with Crippen LogP contribution in [-0.4, -0.2) is 83.8 Å². The molecule has 2 aromatic rings. The average molecular weight is 520 g/mol. The van der Waals surface area contributed by atoms with Crippen LogP contribution in [0.15, 0.2) is 24.4 Å². The van der Waals surface area contributed by atoms with Gasteiger partial charge in [-0.3, -0.25) is 14.6 Å². The third-order valence-corrected chi connectivity index (χ3v) is 6.35. The van der Waals surface area contributed by atoms with Gasteiger partial charge in [0.15, 0.2) is 5.82 Å². The molecule has 0 spiro atoms. The molecule has 2 saturated heterocycles. The number of benzene rings is 1. The first-order valence-corrected chi connectivity index (χ1v) is 12.2. The van der Waals surface area contributed by atoms with Gasteiger partial charge in [0.05, 0.1) is 24.5 Å². The zero-order valence-corrected chi connectivity index (χ0v) is 21.6. The summed E-state index contributed by atoms with van der Waals surface area (Å²) < 4.78 is 21.6. The van der Waals surface area contributed by atoms with Gasteiger partial charge < -0.3 is 25.1 Å². The van der Waals surface area contributed by atoms with Crippen LogP contribution in [0, 0.1) is 22.9 Å². The highest BCUT2D eigenvalue weighted by Gasteiger charge is 2.30. The van der Waals surface area contributed by atoms with Gasteiger partial charge in [0.25, 0.3) is 0 Å². The largest absolute Gasteiger partial charge is 0.444 e. The number of imidazole rings is 1. The minimum atomic E-state index is -0.450. The maximum absolute atomic E-state index is 14.8. The van der Waals surface area contributed by atoms with E-state index in [0.29, 0.717) is 43.4 Å². The maximum atomic E-state index is 14.8. The Bertz CT molecular complexity index is 1120. The molecule has 37 heavy (non-hydrogen) atoms. The van der Waals surface area contributed by atoms with E-state index in [4.69, 9.17) is 4.74 Å². The average Bonchev–Trinajstić information content (AvgIpc) is 3.40. The number of aryl methyl sites for hydroxylation is 1. The molecule has 1 atom stereocenters. The molecule has 1 N–H and O–H groups in total. The second-order valence-electron chi connectivity index (χ2n) is 9.00. The molecule has 12 nitrogen and oxygen atoms in total. The topological polar surface area (TPSA) is 126 Å². The Balaban J connectivity index is 0.000000695. The van der Waals surface area contributed by atoms with Gasteiger partial charge in [0.1, 0.15) is 18.1 Å². The Morgan fingerprint density at radius 1 is 1.27 bits per heavy atom. The van der Waals surface area contributed by atoms with Crippen LogP contribution in [0.3, 0.4) is 0 Å². The van der Waals surface area contributed by atoms with E-state index in [1.54, 1.807) is 37.6 Å². The van der Waals surface area contributed by atoms with Crippen molar-refractivity contribution in [1.29, 1.82) is 0 Å². The molecule has 0 aliphatic carbocycles. The van der Waals surface area contributed by atoms with E-state index in [-0.39, 0.29) is 23.6 Å². The number of rotatable bonds is 7. The molecule has 0 bridgehead atoms. The molecule has 0 radical (unpaired) electrons. The van der Waals surface area contributed by atoms with Crippen molar-refractivity contribution in [3.63, 3.8) is 0 Å². The molecule has 0 saturated carbocycles. The monoisotopic (exact) mass is 519 g/mol. The van der Waals surface area contributed by atoms with Crippen molar-refractivity contribution in [2.24, 2.45) is 0 Å². The van der Waals surface area contributed by atoms with Crippen molar-refractivity contribution >= 4 is 29.2 Å². The van der Waals surface area contributed by atoms with E-state index in [9.17, 15) is 24.1 Å². The molecule has 2 aliphatic heterocycles. The van der Waals surface area contributed by atoms with Gasteiger partial charge in [-0.2, -0.15) is 0 Å². The number of carbonyl (C=O) groups excluding carboxylic acids is 2. The number of piperazine rings is 1. The predicted octanol–water partition coefficient (Wildman–Crippen LogP) is 2.55. The molecule has 1 aromatic carbocycles. The van der Waals surface area contributed by atoms with Crippen LogP contribution < -0.4 is 15.1 Å². The van der Waals surface area contributed by atoms with Gasteiger partial charge in [-0.25, -0.2) is 18.7 Å². The first-order chi connectivity index (χ1) is 17.6. The van der Waals surface area contributed by atoms with Gasteiger partial charge >= 0.3 is 11.9 Å². The van der Waals surface area contributed by atoms with E-state index in [2.05, 4.69) is 15.2 Å². The lowest BCUT2D eigenvalue weighted by Gasteiger charge is -2.36. The molecule has 4 rings (SSSR count). The lowest BCUT2D eigenvalue weighted by Crippen LogP contribution is -2.47. The smallest absolute Gasteiger partial charge is 0.414 e. The Morgan fingerprint density at radius 3 is 2.49 bits per heavy atom. The molecule has 1 unspecified atom stereocenters. The zero-order valence-electron chi connectivity index (χ0n) is 21.6. The Morgan fingerprint density at radius 2 is 1.95 bits per heavy atom. The maximum Gasteiger partial charge on any atom is 0.414 e. The van der Waals surface area contributed by atoms with Crippen LogP contribution >= 0.6 is 0 Å². The normalized spacial score (nSPS) is 17.8. The second kappa shape index (κ2) is 12.5. The molecule has 202 valence electrons. The summed E-state index contributed by atoms with van der Waals surface area (Å²) in [5.41, 5.74) is 1.03. The van der Waals surface area contributed by atoms with Crippen LogP contribution in [-0.2, 0) is 16.1 Å². The highest BCUT2D eigenvalue weighted by Crippen LogP contribution is 2.28. The summed E-state index contributed by atoms with van der Waals surface area (Å²) in [6.45, 7) is 9.73. The van der Waals surface area contributed by atoms with Gasteiger partial charge in [-0.1, -0.05) is 0 Å². The number of ether oxygens (including phenoxy) is 1. The molecule has 3 heterocycles. The third kappa shape index (κ3) is 7.15. The summed E-state index contributed by atoms with van der Waals surface area (Å²) in [5.74, 6) is 0.302. The number of anilines is 2. The summed E-state index contributed by atoms with van der Waals surface area (Å²) >= 11 is 0. The van der Waals surface area contributed by atoms with Crippen molar-refractivity contribution in [1.82, 2.24) is 19.8 Å². The number of carbonyl (C=O) groups is 2. The van der Waals surface area contributed by atoms with Crippen LogP contribution in [0.2, 0.25) is 0 Å². The van der Waals surface area contributed by atoms with Crippen molar-refractivity contribution < 1.29 is 23.6 Å². The van der Waals surface area contributed by atoms with Crippen LogP contribution in [0.1, 0.15) is 26.1 Å². The Hall–Kier alpha value is -3.74. The zero-order chi connectivity index (χ0) is 27.1. The van der Waals surface area contributed by atoms with Crippen molar-refractivity contribution in [2.45, 2.75) is 39.8 Å². The standard InChI is InChI=1S/C21H27FN6O4.C3H7NO/c1-15-14-27(21(29)32-15)17-4-5-19(18(22)12-17)25-10-8-24(9-11-25)6-3-7-26-16(2)23-13-20(26)28(30)31;1-3(5)4-2/h4-5,12-13,15H,3,6-11,14H2,1-2H3;1-2H3,(H,4,5). The van der Waals surface area contributed by atoms with Crippen LogP contribution in [0.5, 0.6) is 0 Å². The number of nitro groups is 1. The summed E-state index contributed by atoms with van der Waals surface area (Å²) in [7, 11) is 1.60. The number of hydrogen-bond donors (Lipinski definition) is 1. The summed E-state index contributed by atoms with van der Waals surface area (Å²) in [6.07, 6.45) is 1.41. The highest BCUT2D eigenvalue weighted by molar-refractivity contribution is 5.90. The molecular weight excluding hydrogens is 485 g/mol. The van der Waals surface area contributed by atoms with Gasteiger partial charge in [0.2, 0.25) is 5.91 Å². The van der Waals surface area contributed by atoms with Crippen molar-refractivity contribution in [3.8, 4) is 0 Å². The number of halogens is 1. The second-order valence-corrected chi connectivity index (χ2v) is 9.00. The predicted molar refractivity (Wildman–Crippen MR) is 136 cm³/mol.